The van der Waals surface area contributed by atoms with Crippen molar-refractivity contribution < 1.29 is 27.7 Å². The fraction of sp³-hybridized carbons (Fsp3) is 0.233. The summed E-state index contributed by atoms with van der Waals surface area (Å²) in [6.45, 7) is 2.35. The van der Waals surface area contributed by atoms with Crippen LogP contribution >= 0.6 is 7.82 Å². The van der Waals surface area contributed by atoms with Crippen LogP contribution in [0.15, 0.2) is 134 Å². The first kappa shape index (κ1) is 35.4. The number of amides is 1. The largest absolute Gasteiger partial charge is 0.497 e. The molecule has 266 valence electrons. The number of methoxy groups -OCH3 is 1. The second kappa shape index (κ2) is 15.7. The Balaban J connectivity index is 1.07. The van der Waals surface area contributed by atoms with Crippen molar-refractivity contribution in [3.8, 4) is 5.75 Å². The Hall–Kier alpha value is -4.98. The first-order valence-corrected chi connectivity index (χ1v) is 19.0. The zero-order valence-electron chi connectivity index (χ0n) is 29.4. The second-order valence-electron chi connectivity index (χ2n) is 13.2. The highest BCUT2D eigenvalue weighted by atomic mass is 31.2. The van der Waals surface area contributed by atoms with Crippen LogP contribution in [0.1, 0.15) is 57.8 Å². The maximum atomic E-state index is 14.3. The summed E-state index contributed by atoms with van der Waals surface area (Å²) in [6.07, 6.45) is 3.92. The van der Waals surface area contributed by atoms with E-state index in [2.05, 4.69) is 16.4 Å². The maximum absolute atomic E-state index is 14.3. The van der Waals surface area contributed by atoms with E-state index in [1.54, 1.807) is 7.11 Å². The van der Waals surface area contributed by atoms with Crippen molar-refractivity contribution in [2.24, 2.45) is 0 Å². The molecule has 1 heterocycles. The van der Waals surface area contributed by atoms with Crippen molar-refractivity contribution in [1.82, 2.24) is 10.3 Å². The number of fused-ring (bicyclic) bond motifs is 1. The van der Waals surface area contributed by atoms with Crippen molar-refractivity contribution in [3.63, 3.8) is 0 Å². The number of nitrogens with one attached hydrogen (secondary N) is 2. The van der Waals surface area contributed by atoms with Gasteiger partial charge in [-0.15, -0.1) is 0 Å². The number of benzene rings is 5. The van der Waals surface area contributed by atoms with Crippen molar-refractivity contribution >= 4 is 24.6 Å². The Morgan fingerprint density at radius 2 is 1.44 bits per heavy atom. The van der Waals surface area contributed by atoms with E-state index in [9.17, 15) is 9.36 Å². The lowest BCUT2D eigenvalue weighted by atomic mass is 9.90. The minimum absolute atomic E-state index is 0.00316. The monoisotopic (exact) mass is 714 g/mol. The van der Waals surface area contributed by atoms with Crippen LogP contribution in [0, 0.1) is 6.92 Å². The number of H-pyrrole nitrogens is 1. The van der Waals surface area contributed by atoms with Crippen molar-refractivity contribution in [1.29, 1.82) is 0 Å². The van der Waals surface area contributed by atoms with Crippen molar-refractivity contribution in [3.05, 3.63) is 173 Å². The molecule has 1 atom stereocenters. The van der Waals surface area contributed by atoms with Crippen molar-refractivity contribution in [2.75, 3.05) is 13.7 Å². The summed E-state index contributed by atoms with van der Waals surface area (Å²) in [5.74, 6) is 0.782. The number of phosphoric acid groups is 1. The van der Waals surface area contributed by atoms with Gasteiger partial charge in [-0.1, -0.05) is 103 Å². The van der Waals surface area contributed by atoms with Crippen LogP contribution in [-0.4, -0.2) is 24.6 Å². The number of carbonyl (C=O) groups is 1. The minimum atomic E-state index is -3.91. The van der Waals surface area contributed by atoms with E-state index in [-0.39, 0.29) is 31.8 Å². The van der Waals surface area contributed by atoms with Gasteiger partial charge < -0.3 is 15.0 Å². The van der Waals surface area contributed by atoms with Gasteiger partial charge in [0, 0.05) is 17.1 Å². The average molecular weight is 715 g/mol. The molecular formula is C43H43N2O6P. The summed E-state index contributed by atoms with van der Waals surface area (Å²) in [5.41, 5.74) is 7.10. The molecule has 1 aliphatic rings. The number of ether oxygens (including phenoxy) is 1. The van der Waals surface area contributed by atoms with Gasteiger partial charge in [0.25, 0.3) is 0 Å². The minimum Gasteiger partial charge on any atom is -0.497 e. The lowest BCUT2D eigenvalue weighted by molar-refractivity contribution is -0.124. The van der Waals surface area contributed by atoms with E-state index in [0.29, 0.717) is 6.42 Å². The molecular weight excluding hydrogens is 671 g/mol. The lowest BCUT2D eigenvalue weighted by Crippen LogP contribution is -2.38. The smallest absolute Gasteiger partial charge is 0.475 e. The van der Waals surface area contributed by atoms with Gasteiger partial charge in [-0.2, -0.15) is 0 Å². The molecule has 5 aromatic carbocycles. The molecule has 52 heavy (non-hydrogen) atoms. The molecule has 1 aromatic heterocycles. The topological polar surface area (TPSA) is 98.9 Å². The molecule has 7 rings (SSSR count). The molecule has 0 aliphatic heterocycles. The summed E-state index contributed by atoms with van der Waals surface area (Å²) < 4.78 is 36.8. The molecule has 1 saturated carbocycles. The Bertz CT molecular complexity index is 2120. The van der Waals surface area contributed by atoms with Gasteiger partial charge in [0.1, 0.15) is 5.75 Å². The lowest BCUT2D eigenvalue weighted by Gasteiger charge is -2.25. The van der Waals surface area contributed by atoms with Gasteiger partial charge in [0.2, 0.25) is 5.91 Å². The van der Waals surface area contributed by atoms with Crippen LogP contribution in [0.3, 0.4) is 0 Å². The molecule has 1 fully saturated rings. The normalized spacial score (nSPS) is 14.2. The molecule has 0 saturated heterocycles. The Morgan fingerprint density at radius 1 is 0.808 bits per heavy atom. The van der Waals surface area contributed by atoms with Crippen LogP contribution < -0.4 is 10.1 Å². The molecule has 0 bridgehead atoms. The highest BCUT2D eigenvalue weighted by Gasteiger charge is 2.52. The number of rotatable bonds is 16. The standard InChI is InChI=1S/C43H43N2O6P/c1-31-26-37(48-2)19-20-38(31)41(34-16-10-5-11-17-34)45-42(46)43(23-24-43)36-18-21-40-39(27-36)35(28-44-40)22-25-49-52(47,50-29-32-12-6-3-7-13-32)51-30-33-14-8-4-9-15-33/h3-21,26-28,41,44H,22-25,29-30H2,1-2H3,(H,45,46). The number of hydrogen-bond donors (Lipinski definition) is 2. The number of aromatic amines is 1. The van der Waals surface area contributed by atoms with Gasteiger partial charge >= 0.3 is 7.82 Å². The van der Waals surface area contributed by atoms with Crippen molar-refractivity contribution in [2.45, 2.75) is 50.9 Å². The first-order valence-electron chi connectivity index (χ1n) is 17.6. The Kier molecular flexibility index (Phi) is 10.7. The predicted molar refractivity (Wildman–Crippen MR) is 203 cm³/mol. The third-order valence-electron chi connectivity index (χ3n) is 9.79. The molecule has 1 amide bonds. The summed E-state index contributed by atoms with van der Waals surface area (Å²) in [4.78, 5) is 17.6. The van der Waals surface area contributed by atoms with Crippen LogP contribution in [0.5, 0.6) is 5.75 Å². The summed E-state index contributed by atoms with van der Waals surface area (Å²) in [5, 5.41) is 4.41. The van der Waals surface area contributed by atoms with Crippen LogP contribution in [-0.2, 0) is 48.0 Å². The third-order valence-corrected chi connectivity index (χ3v) is 11.2. The van der Waals surface area contributed by atoms with Gasteiger partial charge in [-0.3, -0.25) is 18.4 Å². The van der Waals surface area contributed by atoms with Crippen LogP contribution in [0.2, 0.25) is 0 Å². The molecule has 0 spiro atoms. The van der Waals surface area contributed by atoms with E-state index in [4.69, 9.17) is 18.3 Å². The Labute approximate surface area is 304 Å². The number of aryl methyl sites for hydroxylation is 1. The molecule has 9 heteroatoms. The molecule has 1 aliphatic carbocycles. The van der Waals surface area contributed by atoms with Gasteiger partial charge in [-0.25, -0.2) is 4.57 Å². The molecule has 8 nitrogen and oxygen atoms in total. The molecule has 0 radical (unpaired) electrons. The third kappa shape index (κ3) is 8.06. The zero-order chi connectivity index (χ0) is 36.0. The van der Waals surface area contributed by atoms with Crippen LogP contribution in [0.4, 0.5) is 0 Å². The van der Waals surface area contributed by atoms with E-state index in [1.807, 2.05) is 134 Å². The van der Waals surface area contributed by atoms with E-state index < -0.39 is 13.2 Å². The van der Waals surface area contributed by atoms with Crippen LogP contribution in [0.25, 0.3) is 10.9 Å². The maximum Gasteiger partial charge on any atom is 0.475 e. The fourth-order valence-electron chi connectivity index (χ4n) is 6.64. The van der Waals surface area contributed by atoms with Gasteiger partial charge in [0.15, 0.2) is 0 Å². The van der Waals surface area contributed by atoms with E-state index in [1.165, 1.54) is 0 Å². The number of aromatic nitrogens is 1. The highest BCUT2D eigenvalue weighted by Crippen LogP contribution is 2.52. The van der Waals surface area contributed by atoms with Gasteiger partial charge in [-0.05, 0) is 89.4 Å². The summed E-state index contributed by atoms with van der Waals surface area (Å²) >= 11 is 0. The predicted octanol–water partition coefficient (Wildman–Crippen LogP) is 9.52. The molecule has 6 aromatic rings. The van der Waals surface area contributed by atoms with E-state index in [0.717, 1.165) is 68.4 Å². The number of carbonyl (C=O) groups excluding carboxylic acids is 1. The molecule has 2 N–H and O–H groups in total. The van der Waals surface area contributed by atoms with E-state index >= 15 is 0 Å². The fourth-order valence-corrected chi connectivity index (χ4v) is 7.80. The highest BCUT2D eigenvalue weighted by molar-refractivity contribution is 7.48. The molecule has 1 unspecified atom stereocenters. The summed E-state index contributed by atoms with van der Waals surface area (Å²) in [7, 11) is -2.26. The SMILES string of the molecule is COc1ccc(C(NC(=O)C2(c3ccc4[nH]cc(CCOP(=O)(OCc5ccccc5)OCc5ccccc5)c4c3)CC2)c2ccccc2)c(C)c1. The summed E-state index contributed by atoms with van der Waals surface area (Å²) in [6, 6.07) is 41.0. The Morgan fingerprint density at radius 3 is 2.04 bits per heavy atom. The number of phosphoric ester groups is 1. The number of hydrogen-bond acceptors (Lipinski definition) is 6. The first-order chi connectivity index (χ1) is 25.4. The zero-order valence-corrected chi connectivity index (χ0v) is 30.3. The quantitative estimate of drug-likeness (QED) is 0.0970. The average Bonchev–Trinajstić information content (AvgIpc) is 3.91. The van der Waals surface area contributed by atoms with Gasteiger partial charge in [0.05, 0.1) is 38.4 Å². The second-order valence-corrected chi connectivity index (χ2v) is 14.9.